The number of methoxy groups -OCH3 is 1. The number of esters is 1. The summed E-state index contributed by atoms with van der Waals surface area (Å²) >= 11 is 0. The predicted octanol–water partition coefficient (Wildman–Crippen LogP) is 1.43. The van der Waals surface area contributed by atoms with Gasteiger partial charge in [-0.05, 0) is 12.5 Å². The summed E-state index contributed by atoms with van der Waals surface area (Å²) < 4.78 is 4.58. The van der Waals surface area contributed by atoms with Crippen LogP contribution in [0.3, 0.4) is 0 Å². The summed E-state index contributed by atoms with van der Waals surface area (Å²) in [5, 5.41) is 10.8. The number of nitrogens with zero attached hydrogens (tertiary/aromatic N) is 1. The summed E-state index contributed by atoms with van der Waals surface area (Å²) in [6.45, 7) is 0.737. The monoisotopic (exact) mass is 265 g/mol. The molecule has 0 aliphatic heterocycles. The quantitative estimate of drug-likeness (QED) is 0.336. The van der Waals surface area contributed by atoms with E-state index in [0.717, 1.165) is 7.11 Å². The van der Waals surface area contributed by atoms with E-state index in [-0.39, 0.29) is 0 Å². The minimum atomic E-state index is -1.15. The van der Waals surface area contributed by atoms with Crippen LogP contribution in [0.1, 0.15) is 18.4 Å². The molecule has 0 heterocycles. The van der Waals surface area contributed by atoms with Crippen LogP contribution < -0.4 is 0 Å². The summed E-state index contributed by atoms with van der Waals surface area (Å²) in [4.78, 5) is 33.5. The molecule has 0 amide bonds. The molecule has 2 atom stereocenters. The highest BCUT2D eigenvalue weighted by Crippen LogP contribution is 2.27. The Morgan fingerprint density at radius 1 is 1.32 bits per heavy atom. The van der Waals surface area contributed by atoms with Gasteiger partial charge in [0.1, 0.15) is 11.7 Å². The molecule has 1 rings (SSSR count). The number of nitro groups is 1. The highest BCUT2D eigenvalue weighted by molar-refractivity contribution is 5.98. The second-order valence-electron chi connectivity index (χ2n) is 4.14. The van der Waals surface area contributed by atoms with Crippen molar-refractivity contribution in [2.75, 3.05) is 13.7 Å². The van der Waals surface area contributed by atoms with E-state index in [0.29, 0.717) is 5.56 Å². The highest BCUT2D eigenvalue weighted by Gasteiger charge is 2.37. The Balaban J connectivity index is 3.17. The SMILES string of the molecule is COC(=O)[C@H](C(C)=O)C(C[N+](=O)[O-])c1ccccc1. The maximum atomic E-state index is 11.7. The third-order valence-corrected chi connectivity index (χ3v) is 2.87. The average Bonchev–Trinajstić information content (AvgIpc) is 2.37. The Labute approximate surface area is 110 Å². The van der Waals surface area contributed by atoms with Crippen molar-refractivity contribution in [2.45, 2.75) is 12.8 Å². The van der Waals surface area contributed by atoms with Crippen molar-refractivity contribution in [2.24, 2.45) is 5.92 Å². The van der Waals surface area contributed by atoms with Crippen molar-refractivity contribution in [3.05, 3.63) is 46.0 Å². The first kappa shape index (κ1) is 14.8. The number of carbonyl (C=O) groups is 2. The van der Waals surface area contributed by atoms with Gasteiger partial charge < -0.3 is 4.74 Å². The Bertz CT molecular complexity index is 471. The van der Waals surface area contributed by atoms with Crippen molar-refractivity contribution in [3.63, 3.8) is 0 Å². The van der Waals surface area contributed by atoms with E-state index in [1.165, 1.54) is 6.92 Å². The van der Waals surface area contributed by atoms with Gasteiger partial charge in [0.2, 0.25) is 6.54 Å². The van der Waals surface area contributed by atoms with Gasteiger partial charge in [-0.1, -0.05) is 30.3 Å². The van der Waals surface area contributed by atoms with Crippen molar-refractivity contribution < 1.29 is 19.2 Å². The average molecular weight is 265 g/mol. The number of rotatable bonds is 6. The molecule has 0 aromatic heterocycles. The summed E-state index contributed by atoms with van der Waals surface area (Å²) in [6.07, 6.45) is 0. The summed E-state index contributed by atoms with van der Waals surface area (Å²) in [7, 11) is 1.16. The normalized spacial score (nSPS) is 13.4. The van der Waals surface area contributed by atoms with Crippen molar-refractivity contribution >= 4 is 11.8 Å². The fourth-order valence-corrected chi connectivity index (χ4v) is 2.00. The van der Waals surface area contributed by atoms with Gasteiger partial charge in [0.05, 0.1) is 13.0 Å². The molecule has 0 aliphatic rings. The number of hydrogen-bond donors (Lipinski definition) is 0. The zero-order chi connectivity index (χ0) is 14.4. The van der Waals surface area contributed by atoms with Gasteiger partial charge in [0.15, 0.2) is 0 Å². The summed E-state index contributed by atoms with van der Waals surface area (Å²) in [5.74, 6) is -3.16. The maximum absolute atomic E-state index is 11.7. The lowest BCUT2D eigenvalue weighted by Crippen LogP contribution is -2.33. The number of benzene rings is 1. The zero-order valence-electron chi connectivity index (χ0n) is 10.7. The number of hydrogen-bond acceptors (Lipinski definition) is 5. The largest absolute Gasteiger partial charge is 0.468 e. The molecule has 19 heavy (non-hydrogen) atoms. The number of Topliss-reactive ketones (excluding diaryl/α,β-unsaturated/α-hetero) is 1. The van der Waals surface area contributed by atoms with E-state index in [1.54, 1.807) is 30.3 Å². The predicted molar refractivity (Wildman–Crippen MR) is 67.2 cm³/mol. The third-order valence-electron chi connectivity index (χ3n) is 2.87. The smallest absolute Gasteiger partial charge is 0.317 e. The van der Waals surface area contributed by atoms with Gasteiger partial charge in [0, 0.05) is 4.92 Å². The topological polar surface area (TPSA) is 86.5 Å². The fraction of sp³-hybridized carbons (Fsp3) is 0.385. The molecule has 0 N–H and O–H groups in total. The first-order chi connectivity index (χ1) is 8.97. The van der Waals surface area contributed by atoms with Gasteiger partial charge >= 0.3 is 5.97 Å². The molecule has 1 aromatic carbocycles. The van der Waals surface area contributed by atoms with Crippen LogP contribution in [0.5, 0.6) is 0 Å². The lowest BCUT2D eigenvalue weighted by atomic mass is 9.83. The molecule has 1 aromatic rings. The van der Waals surface area contributed by atoms with E-state index < -0.39 is 35.1 Å². The van der Waals surface area contributed by atoms with Gasteiger partial charge in [-0.15, -0.1) is 0 Å². The van der Waals surface area contributed by atoms with Crippen molar-refractivity contribution in [3.8, 4) is 0 Å². The van der Waals surface area contributed by atoms with Crippen LogP contribution >= 0.6 is 0 Å². The van der Waals surface area contributed by atoms with E-state index in [9.17, 15) is 19.7 Å². The molecular formula is C13H15NO5. The molecule has 102 valence electrons. The molecular weight excluding hydrogens is 250 g/mol. The Morgan fingerprint density at radius 3 is 2.32 bits per heavy atom. The zero-order valence-corrected chi connectivity index (χ0v) is 10.7. The molecule has 0 saturated heterocycles. The van der Waals surface area contributed by atoms with E-state index in [1.807, 2.05) is 0 Å². The van der Waals surface area contributed by atoms with Crippen LogP contribution in [0.15, 0.2) is 30.3 Å². The number of carbonyl (C=O) groups excluding carboxylic acids is 2. The fourth-order valence-electron chi connectivity index (χ4n) is 2.00. The summed E-state index contributed by atoms with van der Waals surface area (Å²) in [5.41, 5.74) is 0.574. The van der Waals surface area contributed by atoms with Gasteiger partial charge in [-0.25, -0.2) is 0 Å². The van der Waals surface area contributed by atoms with Crippen LogP contribution in [0.2, 0.25) is 0 Å². The molecule has 0 aliphatic carbocycles. The Kier molecular flexibility index (Phi) is 5.17. The molecule has 6 nitrogen and oxygen atoms in total. The van der Waals surface area contributed by atoms with Gasteiger partial charge in [-0.3, -0.25) is 19.7 Å². The minimum Gasteiger partial charge on any atom is -0.468 e. The lowest BCUT2D eigenvalue weighted by molar-refractivity contribution is -0.484. The first-order valence-corrected chi connectivity index (χ1v) is 5.72. The second kappa shape index (κ2) is 6.63. The van der Waals surface area contributed by atoms with Crippen molar-refractivity contribution in [1.82, 2.24) is 0 Å². The Morgan fingerprint density at radius 2 is 1.89 bits per heavy atom. The number of ether oxygens (including phenoxy) is 1. The molecule has 0 saturated carbocycles. The maximum Gasteiger partial charge on any atom is 0.317 e. The highest BCUT2D eigenvalue weighted by atomic mass is 16.6. The molecule has 0 bridgehead atoms. The van der Waals surface area contributed by atoms with Gasteiger partial charge in [-0.2, -0.15) is 0 Å². The van der Waals surface area contributed by atoms with E-state index in [2.05, 4.69) is 4.74 Å². The molecule has 0 radical (unpaired) electrons. The van der Waals surface area contributed by atoms with Crippen LogP contribution in [-0.4, -0.2) is 30.3 Å². The van der Waals surface area contributed by atoms with Crippen LogP contribution in [0.25, 0.3) is 0 Å². The Hall–Kier alpha value is -2.24. The van der Waals surface area contributed by atoms with Crippen molar-refractivity contribution in [1.29, 1.82) is 0 Å². The number of ketones is 1. The molecule has 0 spiro atoms. The minimum absolute atomic E-state index is 0.442. The molecule has 1 unspecified atom stereocenters. The molecule has 6 heteroatoms. The third kappa shape index (κ3) is 3.87. The standard InChI is InChI=1S/C13H15NO5/c1-9(15)12(13(16)19-2)11(8-14(17)18)10-6-4-3-5-7-10/h3-7,11-12H,8H2,1-2H3/t11?,12-/m1/s1. The van der Waals surface area contributed by atoms with E-state index in [4.69, 9.17) is 0 Å². The van der Waals surface area contributed by atoms with E-state index >= 15 is 0 Å². The molecule has 0 fully saturated rings. The first-order valence-electron chi connectivity index (χ1n) is 5.72. The van der Waals surface area contributed by atoms with Crippen LogP contribution in [-0.2, 0) is 14.3 Å². The van der Waals surface area contributed by atoms with Crippen LogP contribution in [0, 0.1) is 16.0 Å². The van der Waals surface area contributed by atoms with Gasteiger partial charge in [0.25, 0.3) is 0 Å². The van der Waals surface area contributed by atoms with Crippen LogP contribution in [0.4, 0.5) is 0 Å². The second-order valence-corrected chi connectivity index (χ2v) is 4.14. The summed E-state index contributed by atoms with van der Waals surface area (Å²) in [6, 6.07) is 8.49. The lowest BCUT2D eigenvalue weighted by Gasteiger charge is -2.20.